The lowest BCUT2D eigenvalue weighted by Gasteiger charge is -2.47. The number of sulfonamides is 1. The van der Waals surface area contributed by atoms with E-state index in [2.05, 4.69) is 47.3 Å². The van der Waals surface area contributed by atoms with Crippen molar-refractivity contribution in [2.75, 3.05) is 66.5 Å². The Bertz CT molecular complexity index is 4150. The first-order valence-electron chi connectivity index (χ1n) is 27.7. The third-order valence-electron chi connectivity index (χ3n) is 15.5. The summed E-state index contributed by atoms with van der Waals surface area (Å²) in [6, 6.07) is 24.4. The second kappa shape index (κ2) is 24.3. The number of aromatic nitrogens is 6. The molecule has 2 N–H and O–H groups in total. The number of benzene rings is 4. The van der Waals surface area contributed by atoms with Crippen molar-refractivity contribution in [2.45, 2.75) is 57.7 Å². The number of nitrogens with one attached hydrogen (secondary N) is 1. The van der Waals surface area contributed by atoms with Crippen molar-refractivity contribution in [3.63, 3.8) is 0 Å². The average Bonchev–Trinajstić information content (AvgIpc) is 1.32. The van der Waals surface area contributed by atoms with Gasteiger partial charge in [0.05, 0.1) is 65.1 Å². The molecule has 0 saturated carbocycles. The van der Waals surface area contributed by atoms with Crippen LogP contribution in [0.2, 0.25) is 0 Å². The Kier molecular flexibility index (Phi) is 16.3. The number of azo groups is 1. The summed E-state index contributed by atoms with van der Waals surface area (Å²) in [5, 5.41) is 38.2. The molecule has 442 valence electrons. The summed E-state index contributed by atoms with van der Waals surface area (Å²) < 4.78 is 59.8. The summed E-state index contributed by atoms with van der Waals surface area (Å²) >= 11 is 0. The molecule has 86 heavy (non-hydrogen) atoms. The van der Waals surface area contributed by atoms with Gasteiger partial charge in [0.15, 0.2) is 41.4 Å². The monoisotopic (exact) mass is 1190 g/mol. The number of amides is 3. The van der Waals surface area contributed by atoms with Crippen molar-refractivity contribution in [2.24, 2.45) is 10.2 Å². The van der Waals surface area contributed by atoms with Crippen LogP contribution in [0.3, 0.4) is 0 Å². The van der Waals surface area contributed by atoms with Gasteiger partial charge in [-0.15, -0.1) is 0 Å². The molecule has 0 unspecified atom stereocenters. The van der Waals surface area contributed by atoms with Crippen molar-refractivity contribution in [3.8, 4) is 57.3 Å². The van der Waals surface area contributed by atoms with Crippen LogP contribution < -0.4 is 28.8 Å². The number of fused-ring (bicyclic) bond motifs is 6. The highest BCUT2D eigenvalue weighted by Gasteiger charge is 2.50. The van der Waals surface area contributed by atoms with Crippen molar-refractivity contribution in [1.29, 1.82) is 5.26 Å². The number of rotatable bonds is 20. The van der Waals surface area contributed by atoms with Crippen LogP contribution in [-0.4, -0.2) is 142 Å². The van der Waals surface area contributed by atoms with Gasteiger partial charge in [-0.25, -0.2) is 28.0 Å². The third-order valence-corrected chi connectivity index (χ3v) is 17.2. The second-order valence-electron chi connectivity index (χ2n) is 21.0. The van der Waals surface area contributed by atoms with Gasteiger partial charge in [0.25, 0.3) is 5.91 Å². The van der Waals surface area contributed by atoms with Crippen LogP contribution in [0.4, 0.5) is 21.0 Å². The zero-order valence-electron chi connectivity index (χ0n) is 47.5. The van der Waals surface area contributed by atoms with E-state index in [1.165, 1.54) is 55.9 Å². The van der Waals surface area contributed by atoms with Crippen LogP contribution in [0, 0.1) is 11.3 Å². The number of hydrogen-bond acceptors (Lipinski definition) is 18. The van der Waals surface area contributed by atoms with Crippen LogP contribution >= 0.6 is 0 Å². The molecule has 11 rings (SSSR count). The highest BCUT2D eigenvalue weighted by Crippen LogP contribution is 2.42. The first-order chi connectivity index (χ1) is 41.5. The zero-order chi connectivity index (χ0) is 60.3. The largest absolute Gasteiger partial charge is 0.507 e. The van der Waals surface area contributed by atoms with E-state index in [1.54, 1.807) is 80.7 Å². The molecule has 0 aliphatic carbocycles. The summed E-state index contributed by atoms with van der Waals surface area (Å²) in [7, 11) is 1.26. The zero-order valence-corrected chi connectivity index (χ0v) is 48.3. The number of phenols is 1. The molecule has 1 saturated heterocycles. The Hall–Kier alpha value is -10.0. The predicted molar refractivity (Wildman–Crippen MR) is 311 cm³/mol. The topological polar surface area (TPSA) is 291 Å². The second-order valence-corrected chi connectivity index (χ2v) is 23.3. The van der Waals surface area contributed by atoms with Gasteiger partial charge in [-0.1, -0.05) is 12.1 Å². The van der Waals surface area contributed by atoms with Gasteiger partial charge in [0.2, 0.25) is 22.5 Å². The highest BCUT2D eigenvalue weighted by molar-refractivity contribution is 7.89. The lowest BCUT2D eigenvalue weighted by Crippen LogP contribution is -2.64. The van der Waals surface area contributed by atoms with Gasteiger partial charge in [-0.2, -0.15) is 29.5 Å². The van der Waals surface area contributed by atoms with E-state index in [0.717, 1.165) is 40.7 Å². The molecule has 7 heterocycles. The Morgan fingerprint density at radius 3 is 2.48 bits per heavy atom. The van der Waals surface area contributed by atoms with Crippen molar-refractivity contribution in [1.82, 2.24) is 43.7 Å². The number of phenolic OH excluding ortho intramolecular Hbond substituents is 1. The maximum absolute atomic E-state index is 13.7. The number of aryl methyl sites for hydroxylation is 2. The van der Waals surface area contributed by atoms with E-state index >= 15 is 0 Å². The molecule has 0 atom stereocenters. The molecule has 4 aromatic carbocycles. The molecule has 0 bridgehead atoms. The molecular formula is C60H60N13O12S+. The van der Waals surface area contributed by atoms with Gasteiger partial charge in [-0.3, -0.25) is 18.8 Å². The molecule has 4 aromatic heterocycles. The maximum atomic E-state index is 13.7. The molecule has 8 aromatic rings. The van der Waals surface area contributed by atoms with Crippen molar-refractivity contribution >= 4 is 67.2 Å². The molecule has 26 heteroatoms. The fourth-order valence-corrected chi connectivity index (χ4v) is 11.7. The minimum atomic E-state index is -3.43. The molecule has 25 nitrogen and oxygen atoms in total. The van der Waals surface area contributed by atoms with Crippen LogP contribution in [0.5, 0.6) is 28.7 Å². The van der Waals surface area contributed by atoms with Gasteiger partial charge in [0.1, 0.15) is 24.2 Å². The molecule has 0 radical (unpaired) electrons. The maximum Gasteiger partial charge on any atom is 0.409 e. The van der Waals surface area contributed by atoms with Crippen LogP contribution in [0.1, 0.15) is 54.1 Å². The molecule has 1 fully saturated rings. The van der Waals surface area contributed by atoms with E-state index in [1.807, 2.05) is 24.4 Å². The fraction of sp³-hybridized carbons (Fsp3) is 0.317. The lowest BCUT2D eigenvalue weighted by atomic mass is 9.89. The minimum Gasteiger partial charge on any atom is -0.507 e. The molecule has 3 amide bonds. The SMILES string of the molecule is CCS(=O)(=O)N1CC(CC#N)(n2cc(-c3ncnc4c3ccn4C(=O)N(C)CCN(C)C(=O)OCc3ccc(/N=N/c4ccc(O)c(C(=O)NCCCCC(=O)Oc5c(OC)ccc6cc7[n+](cc56)CCc5cc6c(cc5-7)OCO6)c4)cc3)cn2)C1. The van der Waals surface area contributed by atoms with E-state index in [4.69, 9.17) is 23.7 Å². The van der Waals surface area contributed by atoms with Gasteiger partial charge >= 0.3 is 18.1 Å². The van der Waals surface area contributed by atoms with Crippen LogP contribution in [-0.2, 0) is 44.7 Å². The van der Waals surface area contributed by atoms with Gasteiger partial charge < -0.3 is 43.9 Å². The number of pyridine rings is 1. The summed E-state index contributed by atoms with van der Waals surface area (Å²) in [5.74, 6) is 0.968. The van der Waals surface area contributed by atoms with E-state index in [9.17, 15) is 38.0 Å². The number of methoxy groups -OCH3 is 1. The molecular weight excluding hydrogens is 1130 g/mol. The first-order valence-corrected chi connectivity index (χ1v) is 29.3. The quantitative estimate of drug-likeness (QED) is 0.0242. The highest BCUT2D eigenvalue weighted by atomic mass is 32.2. The Balaban J connectivity index is 0.615. The third kappa shape index (κ3) is 11.8. The fourth-order valence-electron chi connectivity index (χ4n) is 10.5. The number of nitrogens with zero attached hydrogens (tertiary/aromatic N) is 12. The number of carbonyl (C=O) groups is 4. The molecule has 3 aliphatic rings. The number of carbonyl (C=O) groups excluding carboxylic acids is 4. The summed E-state index contributed by atoms with van der Waals surface area (Å²) in [4.78, 5) is 64.8. The van der Waals surface area contributed by atoms with E-state index in [-0.39, 0.29) is 76.0 Å². The van der Waals surface area contributed by atoms with Crippen molar-refractivity contribution in [3.05, 3.63) is 127 Å². The number of aromatic hydroxyl groups is 1. The normalized spacial score (nSPS) is 14.0. The predicted octanol–water partition coefficient (Wildman–Crippen LogP) is 7.77. The summed E-state index contributed by atoms with van der Waals surface area (Å²) in [6.45, 7) is 3.24. The van der Waals surface area contributed by atoms with E-state index < -0.39 is 39.6 Å². The average molecular weight is 1190 g/mol. The Morgan fingerprint density at radius 1 is 0.930 bits per heavy atom. The number of esters is 1. The molecule has 3 aliphatic heterocycles. The Morgan fingerprint density at radius 2 is 1.70 bits per heavy atom. The molecule has 0 spiro atoms. The van der Waals surface area contributed by atoms with Crippen LogP contribution in [0.25, 0.3) is 44.3 Å². The number of nitriles is 1. The Labute approximate surface area is 493 Å². The van der Waals surface area contributed by atoms with Gasteiger partial charge in [-0.05, 0) is 96.9 Å². The summed E-state index contributed by atoms with van der Waals surface area (Å²) in [6.07, 6.45) is 9.43. The number of unbranched alkanes of at least 4 members (excludes halogenated alkanes) is 1. The van der Waals surface area contributed by atoms with Gasteiger partial charge in [0, 0.05) is 89.1 Å². The minimum absolute atomic E-state index is 0.000909. The number of ether oxygens (including phenoxy) is 5. The number of hydrogen-bond donors (Lipinski definition) is 2. The standard InChI is InChI=1S/C60H59N13O12S/c1-5-86(79,80)71-34-60(35-71,19-20-61)73-31-41(30-65-73)54-44-18-23-72(56(44)64-36-63-54)58(77)68(2)24-25-69(3)59(78)82-33-38-9-12-42(13-10-38)66-67-43-14-15-49(74)46(28-43)57(76)62-21-7-6-8-53(75)85-55-47-32-70-22-17-40-27-51-52(84-37-83-51)29-45(40)48(70)26-39(47)11-16-50(55)81-4/h9-16,18,23,26-32,36H,5-8,17,19,21-22,24-25,33-35,37H2,1-4H3,(H-,62,66,74,76)/p+1. The van der Waals surface area contributed by atoms with E-state index in [0.29, 0.717) is 69.3 Å². The smallest absolute Gasteiger partial charge is 0.409 e. The summed E-state index contributed by atoms with van der Waals surface area (Å²) in [5.41, 5.74) is 5.33. The van der Waals surface area contributed by atoms with Crippen molar-refractivity contribution < 1.29 is 61.0 Å². The number of likely N-dealkylation sites (N-methyl/N-ethyl adjacent to an activating group) is 2. The van der Waals surface area contributed by atoms with Crippen LogP contribution in [0.15, 0.2) is 120 Å². The lowest BCUT2D eigenvalue weighted by molar-refractivity contribution is -0.686. The first kappa shape index (κ1) is 57.8.